The fourth-order valence-electron chi connectivity index (χ4n) is 3.48. The van der Waals surface area contributed by atoms with Crippen LogP contribution in [0, 0.1) is 13.8 Å². The first kappa shape index (κ1) is 17.9. The van der Waals surface area contributed by atoms with E-state index in [1.54, 1.807) is 16.2 Å². The topological polar surface area (TPSA) is 73.8 Å². The second kappa shape index (κ2) is 6.92. The average molecular weight is 386 g/mol. The Kier molecular flexibility index (Phi) is 4.59. The molecular formula is C19H22N4O3S. The highest BCUT2D eigenvalue weighted by molar-refractivity contribution is 7.22. The molecule has 0 radical (unpaired) electrons. The highest BCUT2D eigenvalue weighted by Gasteiger charge is 2.32. The second-order valence-electron chi connectivity index (χ2n) is 7.14. The first-order chi connectivity index (χ1) is 12.9. The van der Waals surface area contributed by atoms with Crippen molar-refractivity contribution in [2.45, 2.75) is 26.7 Å². The lowest BCUT2D eigenvalue weighted by Crippen LogP contribution is -2.51. The van der Waals surface area contributed by atoms with E-state index in [1.807, 2.05) is 0 Å². The summed E-state index contributed by atoms with van der Waals surface area (Å²) in [7, 11) is 0. The normalized spacial score (nSPS) is 18.1. The molecule has 2 aliphatic rings. The molecule has 2 aromatic rings. The highest BCUT2D eigenvalue weighted by atomic mass is 32.1. The van der Waals surface area contributed by atoms with Gasteiger partial charge in [0.15, 0.2) is 5.13 Å². The predicted octanol–water partition coefficient (Wildman–Crippen LogP) is 1.71. The molecule has 7 nitrogen and oxygen atoms in total. The van der Waals surface area contributed by atoms with Gasteiger partial charge in [-0.3, -0.25) is 19.3 Å². The number of benzene rings is 1. The van der Waals surface area contributed by atoms with Gasteiger partial charge < -0.3 is 9.80 Å². The third-order valence-corrected chi connectivity index (χ3v) is 6.42. The zero-order chi connectivity index (χ0) is 19.1. The minimum atomic E-state index is -0.243. The van der Waals surface area contributed by atoms with Gasteiger partial charge in [-0.2, -0.15) is 0 Å². The molecule has 1 aromatic carbocycles. The van der Waals surface area contributed by atoms with E-state index in [4.69, 9.17) is 4.98 Å². The number of hydrogen-bond donors (Lipinski definition) is 0. The molecule has 3 heterocycles. The van der Waals surface area contributed by atoms with Crippen LogP contribution in [0.25, 0.3) is 10.2 Å². The fourth-order valence-corrected chi connectivity index (χ4v) is 4.58. The number of aromatic nitrogens is 1. The highest BCUT2D eigenvalue weighted by Crippen LogP contribution is 2.31. The number of rotatable bonds is 3. The van der Waals surface area contributed by atoms with Gasteiger partial charge in [0.1, 0.15) is 6.54 Å². The Hall–Kier alpha value is -2.48. The Morgan fingerprint density at radius 1 is 1.04 bits per heavy atom. The summed E-state index contributed by atoms with van der Waals surface area (Å²) in [5, 5.41) is 0.979. The molecule has 8 heteroatoms. The maximum atomic E-state index is 12.5. The third-order valence-electron chi connectivity index (χ3n) is 5.34. The molecular weight excluding hydrogens is 364 g/mol. The maximum Gasteiger partial charge on any atom is 0.242 e. The molecule has 2 saturated heterocycles. The summed E-state index contributed by atoms with van der Waals surface area (Å²) in [4.78, 5) is 45.6. The van der Waals surface area contributed by atoms with E-state index in [2.05, 4.69) is 30.9 Å². The molecule has 142 valence electrons. The SMILES string of the molecule is Cc1cc2nc(N3CCN(C(=O)CN4C(=O)CCC4=O)CC3)sc2cc1C. The van der Waals surface area contributed by atoms with Crippen LogP contribution >= 0.6 is 11.3 Å². The number of fused-ring (bicyclic) bond motifs is 1. The van der Waals surface area contributed by atoms with E-state index in [0.29, 0.717) is 26.2 Å². The van der Waals surface area contributed by atoms with Crippen molar-refractivity contribution in [3.63, 3.8) is 0 Å². The standard InChI is InChI=1S/C19H22N4O3S/c1-12-9-14-15(10-13(12)2)27-19(20-14)22-7-5-21(6-8-22)18(26)11-23-16(24)3-4-17(23)25/h9-10H,3-8,11H2,1-2H3. The largest absolute Gasteiger partial charge is 0.345 e. The van der Waals surface area contributed by atoms with Gasteiger partial charge in [0.05, 0.1) is 10.2 Å². The molecule has 4 rings (SSSR count). The van der Waals surface area contributed by atoms with Gasteiger partial charge in [0.25, 0.3) is 0 Å². The van der Waals surface area contributed by atoms with Crippen LogP contribution < -0.4 is 4.90 Å². The molecule has 3 amide bonds. The van der Waals surface area contributed by atoms with Crippen LogP contribution in [0.1, 0.15) is 24.0 Å². The summed E-state index contributed by atoms with van der Waals surface area (Å²) in [6.07, 6.45) is 0.437. The van der Waals surface area contributed by atoms with Gasteiger partial charge in [-0.15, -0.1) is 0 Å². The van der Waals surface area contributed by atoms with Crippen molar-refractivity contribution in [2.75, 3.05) is 37.6 Å². The van der Waals surface area contributed by atoms with E-state index < -0.39 is 0 Å². The van der Waals surface area contributed by atoms with Crippen molar-refractivity contribution in [3.05, 3.63) is 23.3 Å². The van der Waals surface area contributed by atoms with Crippen LogP contribution in [0.5, 0.6) is 0 Å². The Morgan fingerprint density at radius 3 is 2.33 bits per heavy atom. The van der Waals surface area contributed by atoms with Gasteiger partial charge in [0.2, 0.25) is 17.7 Å². The number of nitrogens with zero attached hydrogens (tertiary/aromatic N) is 4. The first-order valence-electron chi connectivity index (χ1n) is 9.16. The Balaban J connectivity index is 1.39. The van der Waals surface area contributed by atoms with Crippen LogP contribution in [-0.2, 0) is 14.4 Å². The summed E-state index contributed by atoms with van der Waals surface area (Å²) < 4.78 is 1.18. The van der Waals surface area contributed by atoms with Gasteiger partial charge in [-0.1, -0.05) is 11.3 Å². The summed E-state index contributed by atoms with van der Waals surface area (Å²) in [6, 6.07) is 4.30. The lowest BCUT2D eigenvalue weighted by molar-refractivity contribution is -0.145. The average Bonchev–Trinajstić information content (AvgIpc) is 3.20. The third kappa shape index (κ3) is 3.41. The second-order valence-corrected chi connectivity index (χ2v) is 8.15. The summed E-state index contributed by atoms with van der Waals surface area (Å²) in [5.41, 5.74) is 3.52. The predicted molar refractivity (Wildman–Crippen MR) is 104 cm³/mol. The number of likely N-dealkylation sites (tertiary alicyclic amines) is 1. The summed E-state index contributed by atoms with van der Waals surface area (Å²) in [5.74, 6) is -0.645. The number of hydrogen-bond acceptors (Lipinski definition) is 6. The maximum absolute atomic E-state index is 12.5. The van der Waals surface area contributed by atoms with Crippen molar-refractivity contribution in [1.29, 1.82) is 0 Å². The van der Waals surface area contributed by atoms with Crippen molar-refractivity contribution < 1.29 is 14.4 Å². The van der Waals surface area contributed by atoms with Crippen LogP contribution in [0.2, 0.25) is 0 Å². The van der Waals surface area contributed by atoms with Gasteiger partial charge >= 0.3 is 0 Å². The Morgan fingerprint density at radius 2 is 1.67 bits per heavy atom. The number of carbonyl (C=O) groups is 3. The summed E-state index contributed by atoms with van der Waals surface area (Å²) >= 11 is 1.68. The molecule has 0 spiro atoms. The molecule has 0 atom stereocenters. The molecule has 2 fully saturated rings. The van der Waals surface area contributed by atoms with Crippen molar-refractivity contribution in [3.8, 4) is 0 Å². The van der Waals surface area contributed by atoms with E-state index in [-0.39, 0.29) is 37.1 Å². The van der Waals surface area contributed by atoms with Crippen LogP contribution in [-0.4, -0.2) is 65.2 Å². The molecule has 0 aliphatic carbocycles. The van der Waals surface area contributed by atoms with Crippen LogP contribution in [0.15, 0.2) is 12.1 Å². The quantitative estimate of drug-likeness (QED) is 0.751. The number of imide groups is 1. The minimum absolute atomic E-state index is 0.128. The molecule has 1 aromatic heterocycles. The van der Waals surface area contributed by atoms with E-state index in [0.717, 1.165) is 15.5 Å². The number of anilines is 1. The summed E-state index contributed by atoms with van der Waals surface area (Å²) in [6.45, 7) is 6.61. The Bertz CT molecular complexity index is 875. The smallest absolute Gasteiger partial charge is 0.242 e. The van der Waals surface area contributed by atoms with E-state index in [1.165, 1.54) is 15.8 Å². The van der Waals surface area contributed by atoms with Gasteiger partial charge in [-0.25, -0.2) is 4.98 Å². The molecule has 0 unspecified atom stereocenters. The van der Waals surface area contributed by atoms with Crippen molar-refractivity contribution >= 4 is 44.4 Å². The zero-order valence-electron chi connectivity index (χ0n) is 15.5. The Labute approximate surface area is 161 Å². The number of carbonyl (C=O) groups excluding carboxylic acids is 3. The van der Waals surface area contributed by atoms with Crippen LogP contribution in [0.3, 0.4) is 0 Å². The number of thiazole rings is 1. The minimum Gasteiger partial charge on any atom is -0.345 e. The molecule has 27 heavy (non-hydrogen) atoms. The van der Waals surface area contributed by atoms with Crippen LogP contribution in [0.4, 0.5) is 5.13 Å². The molecule has 0 saturated carbocycles. The lowest BCUT2D eigenvalue weighted by Gasteiger charge is -2.35. The van der Waals surface area contributed by atoms with Crippen molar-refractivity contribution in [2.24, 2.45) is 0 Å². The monoisotopic (exact) mass is 386 g/mol. The number of amides is 3. The van der Waals surface area contributed by atoms with Crippen molar-refractivity contribution in [1.82, 2.24) is 14.8 Å². The lowest BCUT2D eigenvalue weighted by atomic mass is 10.1. The van der Waals surface area contributed by atoms with E-state index in [9.17, 15) is 14.4 Å². The fraction of sp³-hybridized carbons (Fsp3) is 0.474. The number of aryl methyl sites for hydroxylation is 2. The molecule has 0 N–H and O–H groups in total. The first-order valence-corrected chi connectivity index (χ1v) is 9.98. The zero-order valence-corrected chi connectivity index (χ0v) is 16.3. The molecule has 0 bridgehead atoms. The van der Waals surface area contributed by atoms with Gasteiger partial charge in [0, 0.05) is 39.0 Å². The van der Waals surface area contributed by atoms with E-state index >= 15 is 0 Å². The molecule has 2 aliphatic heterocycles. The van der Waals surface area contributed by atoms with Gasteiger partial charge in [-0.05, 0) is 37.1 Å². The number of piperazine rings is 1.